The molecule has 6 aromatic carbocycles. The van der Waals surface area contributed by atoms with E-state index in [9.17, 15) is 0 Å². The van der Waals surface area contributed by atoms with E-state index in [2.05, 4.69) is 163 Å². The molecule has 3 heterocycles. The molecule has 0 aliphatic carbocycles. The van der Waals surface area contributed by atoms with Crippen LogP contribution in [0.5, 0.6) is 0 Å². The zero-order valence-corrected chi connectivity index (χ0v) is 23.8. The van der Waals surface area contributed by atoms with Gasteiger partial charge in [-0.2, -0.15) is 0 Å². The van der Waals surface area contributed by atoms with Crippen molar-refractivity contribution in [1.29, 1.82) is 0 Å². The van der Waals surface area contributed by atoms with Gasteiger partial charge in [0.1, 0.15) is 0 Å². The van der Waals surface area contributed by atoms with Gasteiger partial charge in [-0.25, -0.2) is 0 Å². The molecule has 2 aliphatic heterocycles. The first kappa shape index (κ1) is 23.7. The van der Waals surface area contributed by atoms with Crippen LogP contribution in [-0.2, 0) is 5.41 Å². The monoisotopic (exact) mass is 536 g/mol. The Bertz CT molecular complexity index is 2140. The SMILES string of the molecule is CC1(C)c2ccccc2B2c3c(cccc31)-n1c3cc(N(c4ccccc4)c4ccccc4)ccc3c3cccc2c31. The molecule has 0 radical (unpaired) electrons. The molecule has 0 spiro atoms. The molecular weight excluding hydrogens is 507 g/mol. The molecule has 0 fully saturated rings. The molecule has 2 nitrogen and oxygen atoms in total. The minimum atomic E-state index is -0.0740. The maximum atomic E-state index is 2.55. The Labute approximate surface area is 246 Å². The molecule has 9 rings (SSSR count). The predicted octanol–water partition coefficient (Wildman–Crippen LogP) is 7.72. The lowest BCUT2D eigenvalue weighted by molar-refractivity contribution is 0.645. The summed E-state index contributed by atoms with van der Waals surface area (Å²) >= 11 is 0. The summed E-state index contributed by atoms with van der Waals surface area (Å²) in [6, 6.07) is 51.3. The van der Waals surface area contributed by atoms with E-state index in [1.807, 2.05) is 0 Å². The Morgan fingerprint density at radius 1 is 0.548 bits per heavy atom. The first-order valence-corrected chi connectivity index (χ1v) is 14.8. The summed E-state index contributed by atoms with van der Waals surface area (Å²) in [7, 11) is 0. The fourth-order valence-corrected chi connectivity index (χ4v) is 7.84. The van der Waals surface area contributed by atoms with Gasteiger partial charge >= 0.3 is 0 Å². The van der Waals surface area contributed by atoms with Crippen LogP contribution in [0.1, 0.15) is 25.0 Å². The van der Waals surface area contributed by atoms with Gasteiger partial charge in [0.15, 0.2) is 0 Å². The molecule has 0 saturated carbocycles. The average molecular weight is 536 g/mol. The Morgan fingerprint density at radius 3 is 1.95 bits per heavy atom. The second-order valence-electron chi connectivity index (χ2n) is 12.2. The van der Waals surface area contributed by atoms with Crippen molar-refractivity contribution in [3.8, 4) is 5.69 Å². The minimum Gasteiger partial charge on any atom is -0.310 e. The highest BCUT2D eigenvalue weighted by molar-refractivity contribution is 6.99. The average Bonchev–Trinajstić information content (AvgIpc) is 3.37. The third-order valence-corrected chi connectivity index (χ3v) is 9.63. The van der Waals surface area contributed by atoms with Crippen LogP contribution in [0.2, 0.25) is 0 Å². The van der Waals surface area contributed by atoms with E-state index < -0.39 is 0 Å². The highest BCUT2D eigenvalue weighted by atomic mass is 15.1. The van der Waals surface area contributed by atoms with Crippen molar-refractivity contribution in [3.63, 3.8) is 0 Å². The molecule has 0 N–H and O–H groups in total. The van der Waals surface area contributed by atoms with Gasteiger partial charge in [-0.1, -0.05) is 116 Å². The fraction of sp³-hybridized carbons (Fsp3) is 0.0769. The third kappa shape index (κ3) is 3.06. The number of nitrogens with zero attached hydrogens (tertiary/aromatic N) is 2. The topological polar surface area (TPSA) is 8.17 Å². The van der Waals surface area contributed by atoms with E-state index >= 15 is 0 Å². The fourth-order valence-electron chi connectivity index (χ4n) is 7.84. The van der Waals surface area contributed by atoms with Crippen LogP contribution in [0, 0.1) is 0 Å². The summed E-state index contributed by atoms with van der Waals surface area (Å²) in [6.45, 7) is 5.00. The quantitative estimate of drug-likeness (QED) is 0.210. The maximum absolute atomic E-state index is 2.55. The highest BCUT2D eigenvalue weighted by Gasteiger charge is 2.44. The van der Waals surface area contributed by atoms with Crippen LogP contribution in [-0.4, -0.2) is 11.3 Å². The lowest BCUT2D eigenvalue weighted by Gasteiger charge is -2.41. The third-order valence-electron chi connectivity index (χ3n) is 9.63. The molecular formula is C39H29BN2. The lowest BCUT2D eigenvalue weighted by atomic mass is 9.30. The number of rotatable bonds is 3. The largest absolute Gasteiger partial charge is 0.310 e. The zero-order valence-electron chi connectivity index (χ0n) is 23.8. The number of hydrogen-bond donors (Lipinski definition) is 0. The Balaban J connectivity index is 1.38. The van der Waals surface area contributed by atoms with Gasteiger partial charge < -0.3 is 9.47 Å². The van der Waals surface area contributed by atoms with Crippen LogP contribution < -0.4 is 21.3 Å². The van der Waals surface area contributed by atoms with Crippen molar-refractivity contribution >= 4 is 62.0 Å². The Hall–Kier alpha value is -5.02. The van der Waals surface area contributed by atoms with Gasteiger partial charge in [0.05, 0.1) is 5.52 Å². The zero-order chi connectivity index (χ0) is 28.0. The summed E-state index contributed by atoms with van der Waals surface area (Å²) in [4.78, 5) is 2.36. The van der Waals surface area contributed by atoms with Crippen LogP contribution in [0.3, 0.4) is 0 Å². The van der Waals surface area contributed by atoms with Crippen LogP contribution >= 0.6 is 0 Å². The van der Waals surface area contributed by atoms with Gasteiger partial charge in [-0.15, -0.1) is 0 Å². The van der Waals surface area contributed by atoms with Crippen LogP contribution in [0.4, 0.5) is 17.1 Å². The van der Waals surface area contributed by atoms with Crippen molar-refractivity contribution in [3.05, 3.63) is 151 Å². The molecule has 2 aliphatic rings. The smallest absolute Gasteiger partial charge is 0.247 e. The summed E-state index contributed by atoms with van der Waals surface area (Å²) in [5, 5.41) is 2.61. The molecule has 0 atom stereocenters. The first-order chi connectivity index (χ1) is 20.6. The van der Waals surface area contributed by atoms with Crippen molar-refractivity contribution < 1.29 is 0 Å². The van der Waals surface area contributed by atoms with Gasteiger partial charge in [0, 0.05) is 44.5 Å². The second kappa shape index (κ2) is 8.50. The lowest BCUT2D eigenvalue weighted by Crippen LogP contribution is -2.63. The van der Waals surface area contributed by atoms with E-state index in [0.717, 1.165) is 17.1 Å². The Kier molecular flexibility index (Phi) is 4.79. The molecule has 0 bridgehead atoms. The molecule has 7 aromatic rings. The summed E-state index contributed by atoms with van der Waals surface area (Å²) < 4.78 is 2.55. The van der Waals surface area contributed by atoms with E-state index in [1.54, 1.807) is 0 Å². The standard InChI is InChI=1S/C39H29BN2/c1-39(2)31-18-9-10-20-33(31)40-34-21-11-17-30-29-24-23-28(41(26-13-5-3-6-14-26)27-15-7-4-8-16-27)25-36(29)42(38(30)34)35-22-12-19-32(39)37(35)40/h3-25H,1-2H3. The van der Waals surface area contributed by atoms with Crippen molar-refractivity contribution in [2.75, 3.05) is 4.90 Å². The molecule has 3 heteroatoms. The number of aromatic nitrogens is 1. The number of para-hydroxylation sites is 3. The van der Waals surface area contributed by atoms with Crippen LogP contribution in [0.25, 0.3) is 27.5 Å². The normalized spacial score (nSPS) is 14.1. The van der Waals surface area contributed by atoms with E-state index in [-0.39, 0.29) is 12.1 Å². The number of anilines is 3. The van der Waals surface area contributed by atoms with E-state index in [4.69, 9.17) is 0 Å². The van der Waals surface area contributed by atoms with Crippen LogP contribution in [0.15, 0.2) is 140 Å². The predicted molar refractivity (Wildman–Crippen MR) is 179 cm³/mol. The maximum Gasteiger partial charge on any atom is 0.247 e. The van der Waals surface area contributed by atoms with Gasteiger partial charge in [-0.3, -0.25) is 0 Å². The molecule has 42 heavy (non-hydrogen) atoms. The van der Waals surface area contributed by atoms with Gasteiger partial charge in [0.25, 0.3) is 0 Å². The molecule has 0 unspecified atom stereocenters. The number of fused-ring (bicyclic) bond motifs is 7. The van der Waals surface area contributed by atoms with E-state index in [0.29, 0.717) is 0 Å². The molecule has 198 valence electrons. The Morgan fingerprint density at radius 2 is 1.19 bits per heavy atom. The van der Waals surface area contributed by atoms with Crippen molar-refractivity contribution in [1.82, 2.24) is 4.57 Å². The van der Waals surface area contributed by atoms with Crippen molar-refractivity contribution in [2.45, 2.75) is 19.3 Å². The van der Waals surface area contributed by atoms with Gasteiger partial charge in [-0.05, 0) is 64.5 Å². The number of benzene rings is 6. The summed E-state index contributed by atoms with van der Waals surface area (Å²) in [6.07, 6.45) is 0. The van der Waals surface area contributed by atoms with Gasteiger partial charge in [0.2, 0.25) is 6.71 Å². The van der Waals surface area contributed by atoms with E-state index in [1.165, 1.54) is 55.0 Å². The molecule has 0 amide bonds. The molecule has 1 aromatic heterocycles. The summed E-state index contributed by atoms with van der Waals surface area (Å²) in [5.41, 5.74) is 14.4. The van der Waals surface area contributed by atoms with Crippen molar-refractivity contribution in [2.24, 2.45) is 0 Å². The summed E-state index contributed by atoms with van der Waals surface area (Å²) in [5.74, 6) is 0. The first-order valence-electron chi connectivity index (χ1n) is 14.8. The highest BCUT2D eigenvalue weighted by Crippen LogP contribution is 2.42. The number of hydrogen-bond acceptors (Lipinski definition) is 1. The molecule has 0 saturated heterocycles. The second-order valence-corrected chi connectivity index (χ2v) is 12.2. The minimum absolute atomic E-state index is 0.0740.